The first-order valence-corrected chi connectivity index (χ1v) is 39.3. The van der Waals surface area contributed by atoms with Gasteiger partial charge >= 0.3 is 39.5 Å². The van der Waals surface area contributed by atoms with E-state index in [0.29, 0.717) is 25.7 Å². The number of phosphoric acid groups is 2. The highest BCUT2D eigenvalue weighted by atomic mass is 31.2. The molecule has 5 unspecified atom stereocenters. The molecule has 0 fully saturated rings. The molecule has 0 aliphatic rings. The Morgan fingerprint density at radius 1 is 0.315 bits per heavy atom. The van der Waals surface area contributed by atoms with Gasteiger partial charge in [-0.3, -0.25) is 37.3 Å². The molecule has 0 aliphatic heterocycles. The van der Waals surface area contributed by atoms with Gasteiger partial charge in [-0.25, -0.2) is 9.13 Å². The molecule has 0 saturated heterocycles. The second-order valence-electron chi connectivity index (χ2n) is 26.5. The number of aliphatic hydroxyl groups is 1. The molecule has 0 spiro atoms. The van der Waals surface area contributed by atoms with E-state index in [9.17, 15) is 43.2 Å². The van der Waals surface area contributed by atoms with Crippen molar-refractivity contribution in [1.29, 1.82) is 0 Å². The predicted molar refractivity (Wildman–Crippen MR) is 358 cm³/mol. The molecule has 0 saturated carbocycles. The van der Waals surface area contributed by atoms with Crippen LogP contribution in [0.3, 0.4) is 0 Å². The third kappa shape index (κ3) is 60.7. The van der Waals surface area contributed by atoms with Crippen LogP contribution in [0, 0.1) is 23.7 Å². The molecule has 0 aromatic rings. The Balaban J connectivity index is 5.23. The lowest BCUT2D eigenvalue weighted by Crippen LogP contribution is -2.30. The molecular weight excluding hydrogens is 1170 g/mol. The normalized spacial score (nSPS) is 15.2. The number of phosphoric ester groups is 2. The van der Waals surface area contributed by atoms with Crippen LogP contribution < -0.4 is 0 Å². The maximum atomic E-state index is 13.0. The van der Waals surface area contributed by atoms with Crippen molar-refractivity contribution < 1.29 is 80.2 Å². The van der Waals surface area contributed by atoms with Gasteiger partial charge in [-0.05, 0) is 49.4 Å². The van der Waals surface area contributed by atoms with Gasteiger partial charge in [-0.1, -0.05) is 293 Å². The molecule has 0 heterocycles. The summed E-state index contributed by atoms with van der Waals surface area (Å²) in [5, 5.41) is 10.6. The second kappa shape index (κ2) is 59.8. The summed E-state index contributed by atoms with van der Waals surface area (Å²) in [6.07, 6.45) is 41.8. The minimum atomic E-state index is -4.95. The Morgan fingerprint density at radius 2 is 0.539 bits per heavy atom. The van der Waals surface area contributed by atoms with E-state index in [1.807, 2.05) is 0 Å². The smallest absolute Gasteiger partial charge is 0.462 e. The van der Waals surface area contributed by atoms with Crippen LogP contribution in [0.15, 0.2) is 0 Å². The Hall–Kier alpha value is -1.94. The van der Waals surface area contributed by atoms with Gasteiger partial charge in [-0.2, -0.15) is 0 Å². The standard InChI is InChI=1S/C70H136O17P2/c1-9-61(6)47-39-31-23-18-16-14-12-13-15-17-19-24-36-44-52-69(74)86-65(56-80-67(72)50-42-34-28-26-32-40-48-62(7)10-2)58-84-88(76,77)82-54-64(71)55-83-89(78,79)85-59-66(57-81-68(73)51-43-35-29-27-33-41-49-63(8)11-3)87-70(75)53-45-37-25-21-20-22-30-38-46-60(4)5/h60-66,71H,9-59H2,1-8H3,(H,76,77)(H,78,79)/t61?,62?,63?,64-,65-,66-/m1/s1. The van der Waals surface area contributed by atoms with Crippen LogP contribution in [0.5, 0.6) is 0 Å². The van der Waals surface area contributed by atoms with Gasteiger partial charge in [-0.15, -0.1) is 0 Å². The van der Waals surface area contributed by atoms with Gasteiger partial charge in [0.15, 0.2) is 12.2 Å². The third-order valence-corrected chi connectivity index (χ3v) is 19.1. The number of unbranched alkanes of at least 4 members (excludes halogenated alkanes) is 30. The summed E-state index contributed by atoms with van der Waals surface area (Å²) >= 11 is 0. The SMILES string of the molecule is CCC(C)CCCCCCCCCCCCCCCCC(=O)O[C@H](COC(=O)CCCCCCCCC(C)CC)COP(=O)(O)OC[C@@H](O)COP(=O)(O)OC[C@@H](COC(=O)CCCCCCCCC(C)CC)OC(=O)CCCCCCCCCCC(C)C. The van der Waals surface area contributed by atoms with Crippen LogP contribution in [0.4, 0.5) is 0 Å². The number of esters is 4. The fraction of sp³-hybridized carbons (Fsp3) is 0.943. The van der Waals surface area contributed by atoms with Crippen molar-refractivity contribution in [3.63, 3.8) is 0 Å². The summed E-state index contributed by atoms with van der Waals surface area (Å²) in [5.41, 5.74) is 0. The number of hydrogen-bond acceptors (Lipinski definition) is 15. The van der Waals surface area contributed by atoms with E-state index in [-0.39, 0.29) is 25.7 Å². The third-order valence-electron chi connectivity index (χ3n) is 17.2. The molecule has 0 bridgehead atoms. The number of ether oxygens (including phenoxy) is 4. The van der Waals surface area contributed by atoms with Crippen molar-refractivity contribution >= 4 is 39.5 Å². The number of carbonyl (C=O) groups is 4. The Morgan fingerprint density at radius 3 is 0.798 bits per heavy atom. The van der Waals surface area contributed by atoms with E-state index < -0.39 is 97.5 Å². The quantitative estimate of drug-likeness (QED) is 0.0222. The van der Waals surface area contributed by atoms with Crippen molar-refractivity contribution in [2.45, 2.75) is 363 Å². The van der Waals surface area contributed by atoms with Crippen LogP contribution in [0.1, 0.15) is 344 Å². The Labute approximate surface area is 543 Å². The number of hydrogen-bond donors (Lipinski definition) is 3. The van der Waals surface area contributed by atoms with Crippen LogP contribution in [0.2, 0.25) is 0 Å². The predicted octanol–water partition coefficient (Wildman–Crippen LogP) is 19.7. The van der Waals surface area contributed by atoms with Crippen LogP contribution in [-0.4, -0.2) is 96.7 Å². The number of rotatable bonds is 67. The molecule has 19 heteroatoms. The van der Waals surface area contributed by atoms with Crippen molar-refractivity contribution in [2.75, 3.05) is 39.6 Å². The summed E-state index contributed by atoms with van der Waals surface area (Å²) in [6, 6.07) is 0. The van der Waals surface area contributed by atoms with Crippen molar-refractivity contribution in [3.8, 4) is 0 Å². The van der Waals surface area contributed by atoms with E-state index >= 15 is 0 Å². The zero-order valence-electron chi connectivity index (χ0n) is 58.1. The van der Waals surface area contributed by atoms with Crippen LogP contribution in [0.25, 0.3) is 0 Å². The first-order valence-electron chi connectivity index (χ1n) is 36.3. The molecule has 89 heavy (non-hydrogen) atoms. The Bertz CT molecular complexity index is 1770. The van der Waals surface area contributed by atoms with E-state index in [0.717, 1.165) is 126 Å². The first-order chi connectivity index (χ1) is 42.7. The molecule has 17 nitrogen and oxygen atoms in total. The van der Waals surface area contributed by atoms with Gasteiger partial charge in [0.1, 0.15) is 19.3 Å². The molecule has 0 aromatic heterocycles. The maximum Gasteiger partial charge on any atom is 0.472 e. The van der Waals surface area contributed by atoms with Crippen molar-refractivity contribution in [3.05, 3.63) is 0 Å². The zero-order valence-corrected chi connectivity index (χ0v) is 59.8. The lowest BCUT2D eigenvalue weighted by atomic mass is 9.99. The molecule has 0 aliphatic carbocycles. The van der Waals surface area contributed by atoms with Crippen LogP contribution in [-0.2, 0) is 65.4 Å². The van der Waals surface area contributed by atoms with Gasteiger partial charge in [0, 0.05) is 25.7 Å². The van der Waals surface area contributed by atoms with Gasteiger partial charge < -0.3 is 33.8 Å². The summed E-state index contributed by atoms with van der Waals surface area (Å²) < 4.78 is 68.2. The lowest BCUT2D eigenvalue weighted by molar-refractivity contribution is -0.161. The largest absolute Gasteiger partial charge is 0.472 e. The number of aliphatic hydroxyl groups excluding tert-OH is 1. The number of carbonyl (C=O) groups excluding carboxylic acids is 4. The molecular formula is C70H136O17P2. The van der Waals surface area contributed by atoms with E-state index in [1.165, 1.54) is 135 Å². The molecule has 3 N–H and O–H groups in total. The van der Waals surface area contributed by atoms with E-state index in [4.69, 9.17) is 37.0 Å². The first kappa shape index (κ1) is 87.1. The molecule has 528 valence electrons. The topological polar surface area (TPSA) is 237 Å². The van der Waals surface area contributed by atoms with Crippen molar-refractivity contribution in [2.24, 2.45) is 23.7 Å². The summed E-state index contributed by atoms with van der Waals surface area (Å²) in [6.45, 7) is 14.1. The average Bonchev–Trinajstić information content (AvgIpc) is 3.72. The second-order valence-corrected chi connectivity index (χ2v) is 29.4. The summed E-state index contributed by atoms with van der Waals surface area (Å²) in [5.74, 6) is 0.893. The summed E-state index contributed by atoms with van der Waals surface area (Å²) in [4.78, 5) is 72.5. The van der Waals surface area contributed by atoms with E-state index in [1.54, 1.807) is 0 Å². The minimum absolute atomic E-state index is 0.103. The fourth-order valence-corrected chi connectivity index (χ4v) is 12.0. The van der Waals surface area contributed by atoms with Crippen LogP contribution >= 0.6 is 15.6 Å². The fourth-order valence-electron chi connectivity index (χ4n) is 10.4. The van der Waals surface area contributed by atoms with Gasteiger partial charge in [0.05, 0.1) is 26.4 Å². The average molecular weight is 1310 g/mol. The molecule has 0 amide bonds. The molecule has 0 radical (unpaired) electrons. The summed E-state index contributed by atoms with van der Waals surface area (Å²) in [7, 11) is -9.90. The van der Waals surface area contributed by atoms with Gasteiger partial charge in [0.25, 0.3) is 0 Å². The highest BCUT2D eigenvalue weighted by Gasteiger charge is 2.30. The highest BCUT2D eigenvalue weighted by molar-refractivity contribution is 7.47. The molecule has 0 aromatic carbocycles. The lowest BCUT2D eigenvalue weighted by Gasteiger charge is -2.21. The monoisotopic (exact) mass is 1310 g/mol. The van der Waals surface area contributed by atoms with Crippen molar-refractivity contribution in [1.82, 2.24) is 0 Å². The van der Waals surface area contributed by atoms with E-state index in [2.05, 4.69) is 55.4 Å². The minimum Gasteiger partial charge on any atom is -0.462 e. The maximum absolute atomic E-state index is 13.0. The highest BCUT2D eigenvalue weighted by Crippen LogP contribution is 2.45. The zero-order chi connectivity index (χ0) is 66.1. The van der Waals surface area contributed by atoms with Gasteiger partial charge in [0.2, 0.25) is 0 Å². The Kier molecular flexibility index (Phi) is 58.5. The molecule has 8 atom stereocenters. The molecule has 0 rings (SSSR count).